The van der Waals surface area contributed by atoms with E-state index in [9.17, 15) is 18.3 Å². The molecule has 2 aliphatic rings. The smallest absolute Gasteiger partial charge is 0.231 e. The Bertz CT molecular complexity index is 1140. The number of aromatic hydroxyl groups is 1. The van der Waals surface area contributed by atoms with Crippen molar-refractivity contribution in [1.82, 2.24) is 5.32 Å². The second-order valence-corrected chi connectivity index (χ2v) is 9.81. The van der Waals surface area contributed by atoms with Gasteiger partial charge in [-0.3, -0.25) is 4.79 Å². The van der Waals surface area contributed by atoms with Crippen LogP contribution in [-0.2, 0) is 16.4 Å². The molecule has 1 saturated heterocycles. The third-order valence-electron chi connectivity index (χ3n) is 5.47. The summed E-state index contributed by atoms with van der Waals surface area (Å²) < 4.78 is 34.2. The standard InChI is InChI=1S/C22H23NO6S/c1-13-20(24)15(11-23-16-7-8-30(26,27)12-16)10-18-21(25)19(29-22(13)18)9-14-3-5-17(28-2)6-4-14/h3-6,9-10,16,23-24H,7-8,11-12H2,1-2H3/b19-9-. The van der Waals surface area contributed by atoms with Gasteiger partial charge in [0.1, 0.15) is 17.2 Å². The molecule has 0 aliphatic carbocycles. The van der Waals surface area contributed by atoms with Gasteiger partial charge in [0, 0.05) is 23.7 Å². The Kier molecular flexibility index (Phi) is 5.29. The summed E-state index contributed by atoms with van der Waals surface area (Å²) in [6, 6.07) is 8.69. The Morgan fingerprint density at radius 2 is 2.03 bits per heavy atom. The van der Waals surface area contributed by atoms with Crippen molar-refractivity contribution in [2.45, 2.75) is 25.9 Å². The fourth-order valence-corrected chi connectivity index (χ4v) is 5.45. The lowest BCUT2D eigenvalue weighted by Crippen LogP contribution is -2.29. The Morgan fingerprint density at radius 3 is 2.67 bits per heavy atom. The van der Waals surface area contributed by atoms with Crippen LogP contribution < -0.4 is 14.8 Å². The number of hydrogen-bond acceptors (Lipinski definition) is 7. The van der Waals surface area contributed by atoms with Gasteiger partial charge in [0.25, 0.3) is 0 Å². The van der Waals surface area contributed by atoms with E-state index >= 15 is 0 Å². The maximum Gasteiger partial charge on any atom is 0.231 e. The van der Waals surface area contributed by atoms with Gasteiger partial charge in [-0.15, -0.1) is 0 Å². The summed E-state index contributed by atoms with van der Waals surface area (Å²) in [7, 11) is -1.41. The molecule has 0 amide bonds. The van der Waals surface area contributed by atoms with Crippen molar-refractivity contribution < 1.29 is 27.8 Å². The third-order valence-corrected chi connectivity index (χ3v) is 7.24. The summed E-state index contributed by atoms with van der Waals surface area (Å²) in [6.07, 6.45) is 2.20. The number of phenolic OH excluding ortho intramolecular Hbond substituents is 1. The van der Waals surface area contributed by atoms with Crippen molar-refractivity contribution in [3.8, 4) is 17.2 Å². The number of hydrogen-bond donors (Lipinski definition) is 2. The highest BCUT2D eigenvalue weighted by atomic mass is 32.2. The molecule has 7 nitrogen and oxygen atoms in total. The molecule has 1 unspecified atom stereocenters. The van der Waals surface area contributed by atoms with Crippen molar-refractivity contribution in [2.24, 2.45) is 0 Å². The number of allylic oxidation sites excluding steroid dienone is 1. The van der Waals surface area contributed by atoms with E-state index < -0.39 is 9.84 Å². The van der Waals surface area contributed by atoms with Crippen LogP contribution in [-0.4, -0.2) is 44.0 Å². The van der Waals surface area contributed by atoms with Gasteiger partial charge in [0.2, 0.25) is 5.78 Å². The van der Waals surface area contributed by atoms with Gasteiger partial charge >= 0.3 is 0 Å². The highest BCUT2D eigenvalue weighted by Crippen LogP contribution is 2.41. The third kappa shape index (κ3) is 3.93. The predicted octanol–water partition coefficient (Wildman–Crippen LogP) is 2.60. The maximum absolute atomic E-state index is 12.9. The van der Waals surface area contributed by atoms with Crippen LogP contribution >= 0.6 is 0 Å². The lowest BCUT2D eigenvalue weighted by atomic mass is 10.0. The number of Topliss-reactive ketones (excluding diaryl/α,β-unsaturated/α-hetero) is 1. The zero-order valence-corrected chi connectivity index (χ0v) is 17.6. The molecule has 2 N–H and O–H groups in total. The highest BCUT2D eigenvalue weighted by Gasteiger charge is 2.32. The van der Waals surface area contributed by atoms with E-state index in [1.54, 1.807) is 38.3 Å². The second kappa shape index (κ2) is 7.77. The molecular formula is C22H23NO6S. The molecule has 0 aromatic heterocycles. The average molecular weight is 429 g/mol. The molecule has 0 bridgehead atoms. The van der Waals surface area contributed by atoms with E-state index in [2.05, 4.69) is 5.32 Å². The number of sulfone groups is 1. The Morgan fingerprint density at radius 1 is 1.30 bits per heavy atom. The Labute approximate surface area is 175 Å². The molecule has 2 aliphatic heterocycles. The molecule has 2 aromatic carbocycles. The van der Waals surface area contributed by atoms with Crippen molar-refractivity contribution >= 4 is 21.7 Å². The van der Waals surface area contributed by atoms with E-state index in [4.69, 9.17) is 9.47 Å². The number of carbonyl (C=O) groups excluding carboxylic acids is 1. The quantitative estimate of drug-likeness (QED) is 0.705. The first-order valence-electron chi connectivity index (χ1n) is 9.65. The number of phenols is 1. The van der Waals surface area contributed by atoms with Gasteiger partial charge in [-0.2, -0.15) is 0 Å². The fourth-order valence-electron chi connectivity index (χ4n) is 3.74. The average Bonchev–Trinajstić information content (AvgIpc) is 3.23. The number of nitrogens with one attached hydrogen (secondary N) is 1. The van der Waals surface area contributed by atoms with Crippen molar-refractivity contribution in [2.75, 3.05) is 18.6 Å². The summed E-state index contributed by atoms with van der Waals surface area (Å²) >= 11 is 0. The van der Waals surface area contributed by atoms with Crippen LogP contribution in [0.2, 0.25) is 0 Å². The topological polar surface area (TPSA) is 102 Å². The normalized spacial score (nSPS) is 20.9. The first-order valence-corrected chi connectivity index (χ1v) is 11.5. The van der Waals surface area contributed by atoms with Gasteiger partial charge in [-0.05, 0) is 43.2 Å². The van der Waals surface area contributed by atoms with Crippen LogP contribution in [0.5, 0.6) is 17.2 Å². The fraction of sp³-hybridized carbons (Fsp3) is 0.318. The van der Waals surface area contributed by atoms with Crippen LogP contribution in [0.25, 0.3) is 6.08 Å². The Hall–Kier alpha value is -2.84. The van der Waals surface area contributed by atoms with E-state index in [1.165, 1.54) is 0 Å². The second-order valence-electron chi connectivity index (χ2n) is 7.58. The SMILES string of the molecule is COc1ccc(/C=C2\Oc3c(cc(CNC4CCS(=O)(=O)C4)c(O)c3C)C2=O)cc1. The molecule has 4 rings (SSSR count). The number of ether oxygens (including phenoxy) is 2. The van der Waals surface area contributed by atoms with E-state index in [-0.39, 0.29) is 41.4 Å². The lowest BCUT2D eigenvalue weighted by molar-refractivity contribution is 0.101. The van der Waals surface area contributed by atoms with Crippen LogP contribution in [0, 0.1) is 6.92 Å². The predicted molar refractivity (Wildman–Crippen MR) is 113 cm³/mol. The molecule has 0 saturated carbocycles. The number of ketones is 1. The molecule has 2 heterocycles. The first-order chi connectivity index (χ1) is 14.3. The van der Waals surface area contributed by atoms with Crippen LogP contribution in [0.1, 0.15) is 33.5 Å². The molecule has 30 heavy (non-hydrogen) atoms. The van der Waals surface area contributed by atoms with Crippen molar-refractivity contribution in [1.29, 1.82) is 0 Å². The molecule has 0 spiro atoms. The summed E-state index contributed by atoms with van der Waals surface area (Å²) in [6.45, 7) is 1.96. The number of benzene rings is 2. The van der Waals surface area contributed by atoms with Crippen molar-refractivity contribution in [3.63, 3.8) is 0 Å². The maximum atomic E-state index is 12.9. The number of methoxy groups -OCH3 is 1. The molecule has 8 heteroatoms. The molecular weight excluding hydrogens is 406 g/mol. The zero-order chi connectivity index (χ0) is 21.5. The summed E-state index contributed by atoms with van der Waals surface area (Å²) in [5.74, 6) is 1.30. The number of carbonyl (C=O) groups is 1. The molecule has 1 atom stereocenters. The lowest BCUT2D eigenvalue weighted by Gasteiger charge is -2.14. The van der Waals surface area contributed by atoms with Gasteiger partial charge in [-0.25, -0.2) is 8.42 Å². The summed E-state index contributed by atoms with van der Waals surface area (Å²) in [4.78, 5) is 12.9. The minimum atomic E-state index is -2.99. The first kappa shape index (κ1) is 20.4. The number of fused-ring (bicyclic) bond motifs is 1. The zero-order valence-electron chi connectivity index (χ0n) is 16.8. The number of rotatable bonds is 5. The van der Waals surface area contributed by atoms with Gasteiger partial charge in [-0.1, -0.05) is 12.1 Å². The van der Waals surface area contributed by atoms with Crippen LogP contribution in [0.4, 0.5) is 0 Å². The minimum absolute atomic E-state index is 0.0422. The highest BCUT2D eigenvalue weighted by molar-refractivity contribution is 7.91. The van der Waals surface area contributed by atoms with Crippen LogP contribution in [0.3, 0.4) is 0 Å². The molecule has 1 fully saturated rings. The molecule has 2 aromatic rings. The largest absolute Gasteiger partial charge is 0.507 e. The molecule has 158 valence electrons. The van der Waals surface area contributed by atoms with Crippen LogP contribution in [0.15, 0.2) is 36.1 Å². The van der Waals surface area contributed by atoms with E-state index in [1.807, 2.05) is 12.1 Å². The van der Waals surface area contributed by atoms with E-state index in [0.717, 1.165) is 5.56 Å². The Balaban J connectivity index is 1.56. The summed E-state index contributed by atoms with van der Waals surface area (Å²) in [5, 5.41) is 13.7. The molecule has 0 radical (unpaired) electrons. The summed E-state index contributed by atoms with van der Waals surface area (Å²) in [5.41, 5.74) is 2.20. The van der Waals surface area contributed by atoms with Gasteiger partial charge in [0.15, 0.2) is 15.6 Å². The van der Waals surface area contributed by atoms with Gasteiger partial charge in [0.05, 0.1) is 24.2 Å². The van der Waals surface area contributed by atoms with Crippen molar-refractivity contribution in [3.05, 3.63) is 58.3 Å². The monoisotopic (exact) mass is 429 g/mol. The van der Waals surface area contributed by atoms with Gasteiger partial charge < -0.3 is 19.9 Å². The minimum Gasteiger partial charge on any atom is -0.507 e. The van der Waals surface area contributed by atoms with E-state index in [0.29, 0.717) is 34.6 Å².